The average molecular weight is 263 g/mol. The van der Waals surface area contributed by atoms with Gasteiger partial charge < -0.3 is 10.3 Å². The molecule has 2 rings (SSSR count). The molecule has 102 valence electrons. The summed E-state index contributed by atoms with van der Waals surface area (Å²) in [6, 6.07) is 6.32. The maximum absolute atomic E-state index is 12.8. The third-order valence-corrected chi connectivity index (χ3v) is 2.88. The van der Waals surface area contributed by atoms with Gasteiger partial charge in [0.1, 0.15) is 5.82 Å². The van der Waals surface area contributed by atoms with Crippen molar-refractivity contribution >= 4 is 0 Å². The van der Waals surface area contributed by atoms with E-state index in [-0.39, 0.29) is 5.82 Å². The lowest BCUT2D eigenvalue weighted by Crippen LogP contribution is -1.98. The number of hydrogen-bond acceptors (Lipinski definition) is 4. The Morgan fingerprint density at radius 2 is 1.89 bits per heavy atom. The third-order valence-electron chi connectivity index (χ3n) is 2.88. The van der Waals surface area contributed by atoms with Gasteiger partial charge in [-0.2, -0.15) is 4.98 Å². The third kappa shape index (κ3) is 4.44. The second kappa shape index (κ2) is 6.99. The first kappa shape index (κ1) is 13.7. The molecular weight excluding hydrogens is 245 g/mol. The second-order valence-electron chi connectivity index (χ2n) is 4.51. The number of rotatable bonds is 7. The molecule has 0 atom stereocenters. The van der Waals surface area contributed by atoms with Gasteiger partial charge in [-0.25, -0.2) is 4.39 Å². The van der Waals surface area contributed by atoms with E-state index in [1.54, 1.807) is 12.1 Å². The Kier molecular flexibility index (Phi) is 5.03. The van der Waals surface area contributed by atoms with Crippen molar-refractivity contribution in [3.8, 4) is 0 Å². The molecule has 0 amide bonds. The summed E-state index contributed by atoms with van der Waals surface area (Å²) in [6.45, 7) is 0.722. The van der Waals surface area contributed by atoms with Gasteiger partial charge in [0.2, 0.25) is 5.89 Å². The number of nitrogens with zero attached hydrogens (tertiary/aromatic N) is 2. The van der Waals surface area contributed by atoms with Crippen LogP contribution in [0.25, 0.3) is 0 Å². The van der Waals surface area contributed by atoms with Crippen LogP contribution >= 0.6 is 0 Å². The normalized spacial score (nSPS) is 10.8. The lowest BCUT2D eigenvalue weighted by molar-refractivity contribution is 0.369. The van der Waals surface area contributed by atoms with Gasteiger partial charge in [0.05, 0.1) is 0 Å². The maximum atomic E-state index is 12.8. The number of aryl methyl sites for hydroxylation is 1. The van der Waals surface area contributed by atoms with Crippen molar-refractivity contribution < 1.29 is 8.91 Å². The zero-order valence-electron chi connectivity index (χ0n) is 10.8. The van der Waals surface area contributed by atoms with Gasteiger partial charge in [0, 0.05) is 12.8 Å². The number of hydrogen-bond donors (Lipinski definition) is 1. The van der Waals surface area contributed by atoms with Crippen molar-refractivity contribution in [2.45, 2.75) is 32.1 Å². The molecule has 4 nitrogen and oxygen atoms in total. The summed E-state index contributed by atoms with van der Waals surface area (Å²) in [5.41, 5.74) is 6.40. The highest BCUT2D eigenvalue weighted by Gasteiger charge is 2.07. The van der Waals surface area contributed by atoms with E-state index in [9.17, 15) is 4.39 Å². The lowest BCUT2D eigenvalue weighted by atomic mass is 10.1. The van der Waals surface area contributed by atoms with Crippen LogP contribution in [0.15, 0.2) is 28.8 Å². The van der Waals surface area contributed by atoms with E-state index in [1.165, 1.54) is 12.1 Å². The smallest absolute Gasteiger partial charge is 0.226 e. The van der Waals surface area contributed by atoms with Crippen LogP contribution in [0.4, 0.5) is 4.39 Å². The van der Waals surface area contributed by atoms with Crippen molar-refractivity contribution in [1.29, 1.82) is 0 Å². The zero-order chi connectivity index (χ0) is 13.5. The van der Waals surface area contributed by atoms with Crippen molar-refractivity contribution in [2.75, 3.05) is 6.54 Å². The predicted octanol–water partition coefficient (Wildman–Crippen LogP) is 2.47. The minimum atomic E-state index is -0.238. The Morgan fingerprint density at radius 1 is 1.11 bits per heavy atom. The van der Waals surface area contributed by atoms with Gasteiger partial charge in [-0.1, -0.05) is 23.7 Å². The highest BCUT2D eigenvalue weighted by Crippen LogP contribution is 2.10. The molecule has 1 aromatic heterocycles. The fourth-order valence-electron chi connectivity index (χ4n) is 1.85. The molecule has 0 aliphatic heterocycles. The molecule has 1 aromatic carbocycles. The highest BCUT2D eigenvalue weighted by molar-refractivity contribution is 5.19. The fraction of sp³-hybridized carbons (Fsp3) is 0.429. The van der Waals surface area contributed by atoms with E-state index in [4.69, 9.17) is 10.3 Å². The SMILES string of the molecule is NCCCCCc1nc(Cc2ccc(F)cc2)no1. The largest absolute Gasteiger partial charge is 0.339 e. The number of unbranched alkanes of at least 4 members (excludes halogenated alkanes) is 2. The molecule has 19 heavy (non-hydrogen) atoms. The molecule has 0 aliphatic carbocycles. The first-order valence-electron chi connectivity index (χ1n) is 6.54. The van der Waals surface area contributed by atoms with E-state index in [1.807, 2.05) is 0 Å². The first-order valence-corrected chi connectivity index (χ1v) is 6.54. The Bertz CT molecular complexity index is 496. The van der Waals surface area contributed by atoms with E-state index in [0.717, 1.165) is 37.8 Å². The average Bonchev–Trinajstić information content (AvgIpc) is 2.85. The van der Waals surface area contributed by atoms with Crippen LogP contribution in [0, 0.1) is 5.82 Å². The molecule has 0 unspecified atom stereocenters. The van der Waals surface area contributed by atoms with Crippen LogP contribution in [0.1, 0.15) is 36.5 Å². The minimum absolute atomic E-state index is 0.238. The Morgan fingerprint density at radius 3 is 2.63 bits per heavy atom. The van der Waals surface area contributed by atoms with Crippen LogP contribution in [-0.4, -0.2) is 16.7 Å². The quantitative estimate of drug-likeness (QED) is 0.779. The predicted molar refractivity (Wildman–Crippen MR) is 70.1 cm³/mol. The Balaban J connectivity index is 1.85. The van der Waals surface area contributed by atoms with E-state index >= 15 is 0 Å². The van der Waals surface area contributed by atoms with Crippen LogP contribution in [0.5, 0.6) is 0 Å². The highest BCUT2D eigenvalue weighted by atomic mass is 19.1. The standard InChI is InChI=1S/C14H18FN3O/c15-12-7-5-11(6-8-12)10-13-17-14(19-18-13)4-2-1-3-9-16/h5-8H,1-4,9-10,16H2. The van der Waals surface area contributed by atoms with Crippen LogP contribution in [0.3, 0.4) is 0 Å². The second-order valence-corrected chi connectivity index (χ2v) is 4.51. The summed E-state index contributed by atoms with van der Waals surface area (Å²) < 4.78 is 17.9. The number of aromatic nitrogens is 2. The maximum Gasteiger partial charge on any atom is 0.226 e. The van der Waals surface area contributed by atoms with E-state index < -0.39 is 0 Å². The molecule has 0 saturated heterocycles. The van der Waals surface area contributed by atoms with Crippen LogP contribution < -0.4 is 5.73 Å². The van der Waals surface area contributed by atoms with E-state index in [2.05, 4.69) is 10.1 Å². The molecule has 1 heterocycles. The summed E-state index contributed by atoms with van der Waals surface area (Å²) in [5, 5.41) is 3.93. The summed E-state index contributed by atoms with van der Waals surface area (Å²) in [4.78, 5) is 4.32. The van der Waals surface area contributed by atoms with Gasteiger partial charge in [-0.15, -0.1) is 0 Å². The first-order chi connectivity index (χ1) is 9.28. The molecule has 0 fully saturated rings. The lowest BCUT2D eigenvalue weighted by Gasteiger charge is -1.96. The zero-order valence-corrected chi connectivity index (χ0v) is 10.8. The van der Waals surface area contributed by atoms with Crippen molar-refractivity contribution in [3.63, 3.8) is 0 Å². The van der Waals surface area contributed by atoms with Gasteiger partial charge in [0.25, 0.3) is 0 Å². The minimum Gasteiger partial charge on any atom is -0.339 e. The number of halogens is 1. The molecule has 0 aliphatic rings. The topological polar surface area (TPSA) is 64.9 Å². The fourth-order valence-corrected chi connectivity index (χ4v) is 1.85. The molecule has 0 bridgehead atoms. The monoisotopic (exact) mass is 263 g/mol. The summed E-state index contributed by atoms with van der Waals surface area (Å²) in [7, 11) is 0. The summed E-state index contributed by atoms with van der Waals surface area (Å²) >= 11 is 0. The molecule has 0 radical (unpaired) electrons. The van der Waals surface area contributed by atoms with Gasteiger partial charge in [-0.3, -0.25) is 0 Å². The van der Waals surface area contributed by atoms with Gasteiger partial charge in [0.15, 0.2) is 5.82 Å². The molecular formula is C14H18FN3O. The van der Waals surface area contributed by atoms with E-state index in [0.29, 0.717) is 18.1 Å². The van der Waals surface area contributed by atoms with Crippen molar-refractivity contribution in [1.82, 2.24) is 10.1 Å². The summed E-state index contributed by atoms with van der Waals surface area (Å²) in [5.74, 6) is 1.06. The molecule has 2 N–H and O–H groups in total. The van der Waals surface area contributed by atoms with Gasteiger partial charge in [-0.05, 0) is 37.1 Å². The summed E-state index contributed by atoms with van der Waals surface area (Å²) in [6.07, 6.45) is 4.46. The van der Waals surface area contributed by atoms with Crippen molar-refractivity contribution in [2.24, 2.45) is 5.73 Å². The van der Waals surface area contributed by atoms with Crippen LogP contribution in [-0.2, 0) is 12.8 Å². The molecule has 5 heteroatoms. The molecule has 0 saturated carbocycles. The van der Waals surface area contributed by atoms with Crippen molar-refractivity contribution in [3.05, 3.63) is 47.4 Å². The molecule has 0 spiro atoms. The number of benzene rings is 1. The Hall–Kier alpha value is -1.75. The van der Waals surface area contributed by atoms with Crippen LogP contribution in [0.2, 0.25) is 0 Å². The van der Waals surface area contributed by atoms with Gasteiger partial charge >= 0.3 is 0 Å². The molecule has 2 aromatic rings. The number of nitrogens with two attached hydrogens (primary N) is 1. The Labute approximate surface area is 111 Å².